The zero-order valence-corrected chi connectivity index (χ0v) is 17.9. The van der Waals surface area contributed by atoms with E-state index in [1.165, 1.54) is 0 Å². The largest absolute Gasteiger partial charge is 0.495 e. The van der Waals surface area contributed by atoms with Gasteiger partial charge in [0.2, 0.25) is 0 Å². The SMILES string of the molecule is CC1CCC(OS(=O)C(=[N+]=[N-])S(=O)(=O)C2CCC(C(C)(C)C)CC2)CC1. The Morgan fingerprint density at radius 2 is 1.58 bits per heavy atom. The number of rotatable bonds is 3. The molecule has 0 radical (unpaired) electrons. The van der Waals surface area contributed by atoms with Crippen LogP contribution in [0.4, 0.5) is 0 Å². The van der Waals surface area contributed by atoms with Crippen LogP contribution in [0.3, 0.4) is 0 Å². The quantitative estimate of drug-likeness (QED) is 0.309. The molecule has 2 aliphatic carbocycles. The average Bonchev–Trinajstić information content (AvgIpc) is 2.56. The molecule has 0 aliphatic heterocycles. The molecule has 0 bridgehead atoms. The van der Waals surface area contributed by atoms with Crippen LogP contribution in [0.25, 0.3) is 5.53 Å². The molecule has 0 amide bonds. The van der Waals surface area contributed by atoms with Gasteiger partial charge < -0.3 is 5.53 Å². The molecule has 0 saturated heterocycles. The van der Waals surface area contributed by atoms with Crippen molar-refractivity contribution in [3.05, 3.63) is 5.53 Å². The number of hydrogen-bond acceptors (Lipinski definition) is 4. The molecule has 1 unspecified atom stereocenters. The van der Waals surface area contributed by atoms with E-state index >= 15 is 0 Å². The van der Waals surface area contributed by atoms with Crippen LogP contribution < -0.4 is 0 Å². The highest BCUT2D eigenvalue weighted by molar-refractivity contribution is 8.27. The van der Waals surface area contributed by atoms with E-state index in [0.717, 1.165) is 38.5 Å². The van der Waals surface area contributed by atoms with Gasteiger partial charge in [0, 0.05) is 0 Å². The maximum atomic E-state index is 12.8. The molecule has 2 aliphatic rings. The summed E-state index contributed by atoms with van der Waals surface area (Å²) in [5.74, 6) is 1.07. The average molecular weight is 405 g/mol. The minimum Gasteiger partial charge on any atom is -0.359 e. The Bertz CT molecular complexity index is 662. The summed E-state index contributed by atoms with van der Waals surface area (Å²) in [6, 6.07) is 0. The lowest BCUT2D eigenvalue weighted by Crippen LogP contribution is -2.38. The molecule has 0 aromatic heterocycles. The zero-order valence-electron chi connectivity index (χ0n) is 16.3. The molecule has 0 aromatic rings. The summed E-state index contributed by atoms with van der Waals surface area (Å²) in [5, 5.41) is -0.647. The lowest BCUT2D eigenvalue weighted by atomic mass is 9.72. The topological polar surface area (TPSA) is 96.8 Å². The van der Waals surface area contributed by atoms with Gasteiger partial charge in [-0.1, -0.05) is 27.7 Å². The van der Waals surface area contributed by atoms with Gasteiger partial charge in [0.05, 0.1) is 11.4 Å². The van der Waals surface area contributed by atoms with Crippen LogP contribution in [0.15, 0.2) is 0 Å². The Balaban J connectivity index is 2.02. The van der Waals surface area contributed by atoms with Crippen molar-refractivity contribution in [2.45, 2.75) is 90.4 Å². The van der Waals surface area contributed by atoms with Crippen molar-refractivity contribution >= 4 is 25.3 Å². The monoisotopic (exact) mass is 404 g/mol. The second kappa shape index (κ2) is 8.63. The van der Waals surface area contributed by atoms with Gasteiger partial charge in [-0.3, -0.25) is 4.18 Å². The maximum Gasteiger partial charge on any atom is 0.495 e. The first-order chi connectivity index (χ1) is 12.1. The summed E-state index contributed by atoms with van der Waals surface area (Å²) < 4.78 is 42.9. The summed E-state index contributed by atoms with van der Waals surface area (Å²) in [6.07, 6.45) is 5.82. The van der Waals surface area contributed by atoms with Crippen molar-refractivity contribution < 1.29 is 21.6 Å². The van der Waals surface area contributed by atoms with Crippen LogP contribution in [-0.4, -0.2) is 33.1 Å². The molecule has 0 aromatic carbocycles. The highest BCUT2D eigenvalue weighted by Crippen LogP contribution is 2.39. The summed E-state index contributed by atoms with van der Waals surface area (Å²) in [7, 11) is -3.93. The van der Waals surface area contributed by atoms with Gasteiger partial charge in [-0.25, -0.2) is 12.6 Å². The Labute approximate surface area is 160 Å². The minimum atomic E-state index is -3.93. The van der Waals surface area contributed by atoms with Gasteiger partial charge in [-0.05, 0) is 68.6 Å². The molecule has 0 heterocycles. The van der Waals surface area contributed by atoms with E-state index in [1.807, 2.05) is 0 Å². The molecular weight excluding hydrogens is 372 g/mol. The highest BCUT2D eigenvalue weighted by atomic mass is 32.3. The Morgan fingerprint density at radius 3 is 2.04 bits per heavy atom. The summed E-state index contributed by atoms with van der Waals surface area (Å²) in [4.78, 5) is 2.89. The van der Waals surface area contributed by atoms with Gasteiger partial charge in [0.1, 0.15) is 0 Å². The van der Waals surface area contributed by atoms with Gasteiger partial charge in [0.15, 0.2) is 0 Å². The second-order valence-corrected chi connectivity index (χ2v) is 12.4. The molecule has 2 fully saturated rings. The van der Waals surface area contributed by atoms with Crippen molar-refractivity contribution in [2.24, 2.45) is 17.3 Å². The van der Waals surface area contributed by atoms with E-state index in [1.54, 1.807) is 0 Å². The molecular formula is C18H32N2O4S2. The molecule has 2 saturated carbocycles. The van der Waals surface area contributed by atoms with Crippen molar-refractivity contribution in [2.75, 3.05) is 0 Å². The highest BCUT2D eigenvalue weighted by Gasteiger charge is 2.45. The minimum absolute atomic E-state index is 0.146. The fourth-order valence-electron chi connectivity index (χ4n) is 4.06. The van der Waals surface area contributed by atoms with Crippen molar-refractivity contribution in [1.29, 1.82) is 0 Å². The fraction of sp³-hybridized carbons (Fsp3) is 0.944. The van der Waals surface area contributed by atoms with E-state index in [2.05, 4.69) is 32.5 Å². The molecule has 1 atom stereocenters. The predicted molar refractivity (Wildman–Crippen MR) is 103 cm³/mol. The third-order valence-corrected chi connectivity index (χ3v) is 9.83. The summed E-state index contributed by atoms with van der Waals surface area (Å²) in [5.41, 5.74) is 9.40. The van der Waals surface area contributed by atoms with Crippen LogP contribution in [0.2, 0.25) is 0 Å². The van der Waals surface area contributed by atoms with Crippen molar-refractivity contribution in [3.8, 4) is 0 Å². The summed E-state index contributed by atoms with van der Waals surface area (Å²) >= 11 is -2.25. The van der Waals surface area contributed by atoms with Gasteiger partial charge >= 0.3 is 4.38 Å². The van der Waals surface area contributed by atoms with Crippen molar-refractivity contribution in [1.82, 2.24) is 0 Å². The smallest absolute Gasteiger partial charge is 0.359 e. The standard InChI is InChI=1S/C18H32N2O4S2/c1-13-5-9-15(10-6-13)24-25(21)17(20-19)26(22,23)16-11-7-14(8-12-16)18(2,3)4/h13-16H,5-12H2,1-4H3. The van der Waals surface area contributed by atoms with Crippen LogP contribution in [-0.2, 0) is 25.1 Å². The third-order valence-electron chi connectivity index (χ3n) is 5.99. The van der Waals surface area contributed by atoms with E-state index in [0.29, 0.717) is 24.7 Å². The van der Waals surface area contributed by atoms with Gasteiger partial charge in [0.25, 0.3) is 20.9 Å². The Hall–Kier alpha value is -0.560. The van der Waals surface area contributed by atoms with E-state index in [4.69, 9.17) is 4.18 Å². The molecule has 2 rings (SSSR count). The fourth-order valence-corrected chi connectivity index (χ4v) is 7.22. The normalized spacial score (nSPS) is 31.8. The van der Waals surface area contributed by atoms with Gasteiger partial charge in [-0.15, -0.1) is 4.79 Å². The predicted octanol–water partition coefficient (Wildman–Crippen LogP) is 3.85. The van der Waals surface area contributed by atoms with Gasteiger partial charge in [-0.2, -0.15) is 0 Å². The Morgan fingerprint density at radius 1 is 1.04 bits per heavy atom. The number of sulfone groups is 1. The number of hydrogen-bond donors (Lipinski definition) is 0. The first kappa shape index (κ1) is 21.7. The first-order valence-electron chi connectivity index (χ1n) is 9.60. The lowest BCUT2D eigenvalue weighted by molar-refractivity contribution is 0.00279. The molecule has 0 spiro atoms. The van der Waals surface area contributed by atoms with Crippen molar-refractivity contribution in [3.63, 3.8) is 0 Å². The zero-order chi connectivity index (χ0) is 19.5. The van der Waals surface area contributed by atoms with Crippen LogP contribution in [0.1, 0.15) is 79.1 Å². The van der Waals surface area contributed by atoms with Crippen LogP contribution in [0, 0.1) is 17.3 Å². The molecule has 26 heavy (non-hydrogen) atoms. The maximum absolute atomic E-state index is 12.8. The molecule has 150 valence electrons. The summed E-state index contributed by atoms with van der Waals surface area (Å²) in [6.45, 7) is 8.66. The molecule has 0 N–H and O–H groups in total. The third kappa shape index (κ3) is 5.24. The lowest BCUT2D eigenvalue weighted by Gasteiger charge is -2.36. The second-order valence-electron chi connectivity index (χ2n) is 8.96. The van der Waals surface area contributed by atoms with E-state index < -0.39 is 30.5 Å². The van der Waals surface area contributed by atoms with E-state index in [-0.39, 0.29) is 11.5 Å². The number of nitrogens with zero attached hydrogens (tertiary/aromatic N) is 2. The first-order valence-corrected chi connectivity index (χ1v) is 12.2. The molecule has 8 heteroatoms. The molecule has 6 nitrogen and oxygen atoms in total. The Kier molecular flexibility index (Phi) is 7.22. The van der Waals surface area contributed by atoms with E-state index in [9.17, 15) is 18.2 Å². The van der Waals surface area contributed by atoms with Crippen LogP contribution >= 0.6 is 0 Å². The van der Waals surface area contributed by atoms with Crippen LogP contribution in [0.5, 0.6) is 0 Å².